The van der Waals surface area contributed by atoms with Gasteiger partial charge in [0.15, 0.2) is 0 Å². The van der Waals surface area contributed by atoms with E-state index in [9.17, 15) is 9.59 Å². The number of nitrogens with one attached hydrogen (secondary N) is 2. The van der Waals surface area contributed by atoms with E-state index in [2.05, 4.69) is 10.9 Å². The third-order valence-corrected chi connectivity index (χ3v) is 4.86. The van der Waals surface area contributed by atoms with E-state index in [0.717, 1.165) is 0 Å². The molecule has 0 aromatic heterocycles. The van der Waals surface area contributed by atoms with Gasteiger partial charge < -0.3 is 0 Å². The van der Waals surface area contributed by atoms with Crippen molar-refractivity contribution in [1.82, 2.24) is 10.9 Å². The molecule has 0 saturated carbocycles. The number of carbonyl (C=O) groups excluding carboxylic acids is 2. The van der Waals surface area contributed by atoms with Crippen molar-refractivity contribution in [3.05, 3.63) is 59.7 Å². The zero-order chi connectivity index (χ0) is 15.2. The predicted octanol–water partition coefficient (Wildman–Crippen LogP) is -1.99. The molecule has 0 fully saturated rings. The third-order valence-electron chi connectivity index (χ3n) is 3.10. The van der Waals surface area contributed by atoms with E-state index >= 15 is 0 Å². The van der Waals surface area contributed by atoms with Gasteiger partial charge in [0, 0.05) is 11.1 Å². The van der Waals surface area contributed by atoms with Crippen molar-refractivity contribution in [2.24, 2.45) is 11.7 Å². The lowest BCUT2D eigenvalue weighted by Gasteiger charge is -2.05. The smallest absolute Gasteiger partial charge is 0.265 e. The summed E-state index contributed by atoms with van der Waals surface area (Å²) < 4.78 is 0. The van der Waals surface area contributed by atoms with Crippen molar-refractivity contribution in [3.8, 4) is 0 Å². The Balaban J connectivity index is 2.08. The highest BCUT2D eigenvalue weighted by molar-refractivity contribution is 6.67. The van der Waals surface area contributed by atoms with Gasteiger partial charge in [0.05, 0.1) is 9.52 Å². The normalized spacial score (nSPS) is 10.0. The van der Waals surface area contributed by atoms with Crippen molar-refractivity contribution in [2.45, 2.75) is 0 Å². The number of hydrogen-bond acceptors (Lipinski definition) is 4. The summed E-state index contributed by atoms with van der Waals surface area (Å²) in [5.41, 5.74) is 5.26. The topological polar surface area (TPSA) is 110 Å². The zero-order valence-corrected chi connectivity index (χ0v) is 12.7. The standard InChI is InChI=1S/C14H16N4O2Si/c15-17-13(19)9-1-5-11(6-2-9)21-12-7-3-10(4-8-12)14(20)18-16/h1-8H,15-16,21H2,(H,17,19)(H,18,20). The van der Waals surface area contributed by atoms with Crippen molar-refractivity contribution in [2.75, 3.05) is 0 Å². The van der Waals surface area contributed by atoms with E-state index in [0.29, 0.717) is 11.1 Å². The lowest BCUT2D eigenvalue weighted by Crippen LogP contribution is -2.32. The maximum Gasteiger partial charge on any atom is 0.265 e. The quantitative estimate of drug-likeness (QED) is 0.227. The third kappa shape index (κ3) is 3.75. The van der Waals surface area contributed by atoms with Crippen LogP contribution in [0.1, 0.15) is 20.7 Å². The van der Waals surface area contributed by atoms with E-state index in [4.69, 9.17) is 11.7 Å². The van der Waals surface area contributed by atoms with Crippen LogP contribution >= 0.6 is 0 Å². The molecule has 2 amide bonds. The number of rotatable bonds is 4. The summed E-state index contributed by atoms with van der Waals surface area (Å²) >= 11 is 0. The fourth-order valence-electron chi connectivity index (χ4n) is 1.95. The predicted molar refractivity (Wildman–Crippen MR) is 84.0 cm³/mol. The largest absolute Gasteiger partial charge is 0.290 e. The molecule has 0 atom stereocenters. The van der Waals surface area contributed by atoms with Crippen molar-refractivity contribution in [1.29, 1.82) is 0 Å². The summed E-state index contributed by atoms with van der Waals surface area (Å²) in [5, 5.41) is 2.39. The molecule has 7 heteroatoms. The second-order valence-electron chi connectivity index (χ2n) is 4.52. The zero-order valence-electron chi connectivity index (χ0n) is 11.3. The van der Waals surface area contributed by atoms with Crippen molar-refractivity contribution < 1.29 is 9.59 Å². The molecular weight excluding hydrogens is 284 g/mol. The first-order valence-electron chi connectivity index (χ1n) is 6.34. The highest BCUT2D eigenvalue weighted by atomic mass is 28.2. The number of hydrazine groups is 2. The maximum absolute atomic E-state index is 11.3. The second kappa shape index (κ2) is 6.80. The van der Waals surface area contributed by atoms with Crippen LogP contribution in [0.2, 0.25) is 0 Å². The van der Waals surface area contributed by atoms with Gasteiger partial charge in [0.25, 0.3) is 11.8 Å². The fraction of sp³-hybridized carbons (Fsp3) is 0. The maximum atomic E-state index is 11.3. The minimum absolute atomic E-state index is 0.305. The van der Waals surface area contributed by atoms with Gasteiger partial charge in [-0.05, 0) is 24.3 Å². The minimum Gasteiger partial charge on any atom is -0.290 e. The van der Waals surface area contributed by atoms with Crippen molar-refractivity contribution in [3.63, 3.8) is 0 Å². The average molecular weight is 300 g/mol. The molecule has 2 aromatic rings. The van der Waals surface area contributed by atoms with Gasteiger partial charge in [0.1, 0.15) is 0 Å². The molecule has 0 heterocycles. The van der Waals surface area contributed by atoms with Gasteiger partial charge in [-0.25, -0.2) is 11.7 Å². The van der Waals surface area contributed by atoms with Crippen LogP contribution in [0.4, 0.5) is 0 Å². The van der Waals surface area contributed by atoms with Crippen LogP contribution in [-0.2, 0) is 0 Å². The second-order valence-corrected chi connectivity index (χ2v) is 6.50. The van der Waals surface area contributed by atoms with Crippen LogP contribution in [0.25, 0.3) is 0 Å². The Morgan fingerprint density at radius 2 is 1.05 bits per heavy atom. The first kappa shape index (κ1) is 14.9. The molecule has 0 aliphatic carbocycles. The Labute approximate surface area is 124 Å². The van der Waals surface area contributed by atoms with E-state index < -0.39 is 9.52 Å². The van der Waals surface area contributed by atoms with E-state index in [1.807, 2.05) is 24.3 Å². The molecule has 21 heavy (non-hydrogen) atoms. The SMILES string of the molecule is NNC(=O)c1ccc([SiH2]c2ccc(C(=O)NN)cc2)cc1. The van der Waals surface area contributed by atoms with Gasteiger partial charge in [-0.3, -0.25) is 20.4 Å². The van der Waals surface area contributed by atoms with Crippen LogP contribution in [0.15, 0.2) is 48.5 Å². The Bertz CT molecular complexity index is 584. The van der Waals surface area contributed by atoms with Crippen LogP contribution in [0, 0.1) is 0 Å². The Morgan fingerprint density at radius 1 is 0.714 bits per heavy atom. The molecule has 0 spiro atoms. The highest BCUT2D eigenvalue weighted by Gasteiger charge is 2.05. The average Bonchev–Trinajstić information content (AvgIpc) is 2.55. The molecule has 0 saturated heterocycles. The summed E-state index contributed by atoms with van der Waals surface area (Å²) in [7, 11) is -0.654. The number of nitrogens with two attached hydrogens (primary N) is 2. The molecule has 2 aromatic carbocycles. The van der Waals surface area contributed by atoms with Gasteiger partial charge in [-0.1, -0.05) is 34.6 Å². The molecule has 2 rings (SSSR count). The molecule has 6 nitrogen and oxygen atoms in total. The highest BCUT2D eigenvalue weighted by Crippen LogP contribution is 1.98. The number of hydrogen-bond donors (Lipinski definition) is 4. The van der Waals surface area contributed by atoms with Gasteiger partial charge in [-0.15, -0.1) is 0 Å². The van der Waals surface area contributed by atoms with Gasteiger partial charge in [-0.2, -0.15) is 0 Å². The number of benzene rings is 2. The number of carbonyl (C=O) groups is 2. The lowest BCUT2D eigenvalue weighted by atomic mass is 10.2. The molecule has 6 N–H and O–H groups in total. The van der Waals surface area contributed by atoms with Crippen molar-refractivity contribution >= 4 is 31.7 Å². The molecule has 0 aliphatic heterocycles. The number of amides is 2. The van der Waals surface area contributed by atoms with Gasteiger partial charge >= 0.3 is 0 Å². The van der Waals surface area contributed by atoms with Crippen LogP contribution < -0.4 is 32.9 Å². The van der Waals surface area contributed by atoms with Crippen LogP contribution in [-0.4, -0.2) is 21.3 Å². The molecular formula is C14H16N4O2Si. The van der Waals surface area contributed by atoms with E-state index in [1.165, 1.54) is 10.4 Å². The summed E-state index contributed by atoms with van der Waals surface area (Å²) in [6.45, 7) is 0. The summed E-state index contributed by atoms with van der Waals surface area (Å²) in [6.07, 6.45) is 0. The first-order valence-corrected chi connectivity index (χ1v) is 7.75. The lowest BCUT2D eigenvalue weighted by molar-refractivity contribution is 0.0945. The van der Waals surface area contributed by atoms with E-state index in [-0.39, 0.29) is 11.8 Å². The molecule has 0 radical (unpaired) electrons. The summed E-state index contributed by atoms with van der Waals surface area (Å²) in [6, 6.07) is 14.7. The fourth-order valence-corrected chi connectivity index (χ4v) is 3.36. The Kier molecular flexibility index (Phi) is 4.83. The van der Waals surface area contributed by atoms with Gasteiger partial charge in [0.2, 0.25) is 0 Å². The Morgan fingerprint density at radius 3 is 1.33 bits per heavy atom. The van der Waals surface area contributed by atoms with Crippen LogP contribution in [0.5, 0.6) is 0 Å². The summed E-state index contributed by atoms with van der Waals surface area (Å²) in [5.74, 6) is 9.56. The Hall–Kier alpha value is -2.48. The first-order chi connectivity index (χ1) is 10.1. The molecule has 0 unspecified atom stereocenters. The molecule has 0 aliphatic rings. The van der Waals surface area contributed by atoms with E-state index in [1.54, 1.807) is 24.3 Å². The number of nitrogen functional groups attached to an aromatic ring is 2. The van der Waals surface area contributed by atoms with Crippen LogP contribution in [0.3, 0.4) is 0 Å². The minimum atomic E-state index is -0.654. The molecule has 108 valence electrons. The summed E-state index contributed by atoms with van der Waals surface area (Å²) in [4.78, 5) is 22.7. The molecule has 0 bridgehead atoms. The monoisotopic (exact) mass is 300 g/mol.